The second kappa shape index (κ2) is 18.5. The molecule has 3 aromatic carbocycles. The monoisotopic (exact) mass is 720 g/mol. The van der Waals surface area contributed by atoms with E-state index in [1.54, 1.807) is 85.6 Å². The SMILES string of the molecule is CC(C)C[C@@H]1COc2ccccc2C(=O)N[C@H](C(=O)N[C@H](C)COc2ccccc2Oc2cccc(Cl)c2)CC(=O)N[C@H](CC(C)C)C(=O)N1C. The molecule has 1 aliphatic rings. The molecule has 274 valence electrons. The number of amides is 4. The Kier molecular flexibility index (Phi) is 14.1. The number of likely N-dealkylation sites (N-methyl/N-ethyl adjacent to an activating group) is 1. The highest BCUT2D eigenvalue weighted by atomic mass is 35.5. The lowest BCUT2D eigenvalue weighted by Crippen LogP contribution is -2.55. The summed E-state index contributed by atoms with van der Waals surface area (Å²) in [6.07, 6.45) is 0.655. The molecule has 11 nitrogen and oxygen atoms in total. The molecular weight excluding hydrogens is 672 g/mol. The average molecular weight is 721 g/mol. The van der Waals surface area contributed by atoms with Gasteiger partial charge in [-0.2, -0.15) is 0 Å². The molecule has 4 rings (SSSR count). The van der Waals surface area contributed by atoms with Crippen molar-refractivity contribution < 1.29 is 33.4 Å². The molecule has 4 amide bonds. The lowest BCUT2D eigenvalue weighted by molar-refractivity contribution is -0.138. The highest BCUT2D eigenvalue weighted by molar-refractivity contribution is 6.30. The van der Waals surface area contributed by atoms with Crippen LogP contribution in [-0.4, -0.2) is 73.0 Å². The molecule has 3 aromatic rings. The summed E-state index contributed by atoms with van der Waals surface area (Å²) in [5, 5.41) is 8.98. The summed E-state index contributed by atoms with van der Waals surface area (Å²) in [5.41, 5.74) is 0.204. The molecule has 0 radical (unpaired) electrons. The van der Waals surface area contributed by atoms with Gasteiger partial charge in [0.25, 0.3) is 5.91 Å². The molecule has 0 spiro atoms. The summed E-state index contributed by atoms with van der Waals surface area (Å²) in [4.78, 5) is 56.4. The standard InChI is InChI=1S/C39H49ClN4O7/c1-24(2)18-28-23-50-33-15-8-7-14-30(33)37(46)43-31(21-36(45)42-32(19-25(3)4)39(48)44(28)6)38(47)41-26(5)22-49-34-16-9-10-17-35(34)51-29-13-11-12-27(40)20-29/h7-17,20,24-26,28,31-32H,18-19,21-23H2,1-6H3,(H,41,47)(H,42,45)(H,43,46)/t26-,28-,31+,32-/m1/s1. The van der Waals surface area contributed by atoms with E-state index in [-0.39, 0.29) is 42.6 Å². The minimum absolute atomic E-state index is 0.0556. The van der Waals surface area contributed by atoms with Gasteiger partial charge in [0, 0.05) is 12.1 Å². The fourth-order valence-corrected chi connectivity index (χ4v) is 5.94. The van der Waals surface area contributed by atoms with Crippen LogP contribution in [-0.2, 0) is 14.4 Å². The normalized spacial score (nSPS) is 19.3. The minimum Gasteiger partial charge on any atom is -0.491 e. The first kappa shape index (κ1) is 39.0. The van der Waals surface area contributed by atoms with Gasteiger partial charge >= 0.3 is 0 Å². The summed E-state index contributed by atoms with van der Waals surface area (Å²) in [6.45, 7) is 10.0. The third kappa shape index (κ3) is 11.6. The van der Waals surface area contributed by atoms with Gasteiger partial charge < -0.3 is 35.1 Å². The quantitative estimate of drug-likeness (QED) is 0.221. The van der Waals surface area contributed by atoms with Crippen LogP contribution in [0.1, 0.15) is 64.2 Å². The zero-order valence-corrected chi connectivity index (χ0v) is 30.9. The van der Waals surface area contributed by atoms with Crippen molar-refractivity contribution in [2.24, 2.45) is 11.8 Å². The van der Waals surface area contributed by atoms with E-state index in [1.807, 2.05) is 19.9 Å². The summed E-state index contributed by atoms with van der Waals surface area (Å²) in [5.74, 6) is 0.154. The molecule has 0 aliphatic carbocycles. The van der Waals surface area contributed by atoms with E-state index in [4.69, 9.17) is 25.8 Å². The molecule has 1 heterocycles. The second-order valence-electron chi connectivity index (χ2n) is 13.7. The predicted molar refractivity (Wildman–Crippen MR) is 196 cm³/mol. The third-order valence-corrected chi connectivity index (χ3v) is 8.54. The molecule has 0 saturated carbocycles. The number of ether oxygens (including phenoxy) is 3. The number of nitrogens with zero attached hydrogens (tertiary/aromatic N) is 1. The highest BCUT2D eigenvalue weighted by Crippen LogP contribution is 2.32. The van der Waals surface area contributed by atoms with Crippen molar-refractivity contribution in [1.29, 1.82) is 0 Å². The van der Waals surface area contributed by atoms with E-state index >= 15 is 0 Å². The van der Waals surface area contributed by atoms with Gasteiger partial charge in [-0.25, -0.2) is 0 Å². The van der Waals surface area contributed by atoms with Crippen molar-refractivity contribution in [1.82, 2.24) is 20.9 Å². The maximum Gasteiger partial charge on any atom is 0.255 e. The van der Waals surface area contributed by atoms with Gasteiger partial charge in [-0.1, -0.05) is 69.6 Å². The van der Waals surface area contributed by atoms with E-state index in [1.165, 1.54) is 0 Å². The molecule has 0 bridgehead atoms. The lowest BCUT2D eigenvalue weighted by atomic mass is 9.99. The van der Waals surface area contributed by atoms with Gasteiger partial charge in [-0.15, -0.1) is 0 Å². The number of para-hydroxylation sites is 3. The average Bonchev–Trinajstić information content (AvgIpc) is 3.07. The van der Waals surface area contributed by atoms with Crippen molar-refractivity contribution in [3.63, 3.8) is 0 Å². The Labute approximate surface area is 305 Å². The molecule has 0 saturated heterocycles. The van der Waals surface area contributed by atoms with Crippen LogP contribution in [0.15, 0.2) is 72.8 Å². The number of nitrogens with one attached hydrogen (secondary N) is 3. The van der Waals surface area contributed by atoms with Crippen LogP contribution in [0.5, 0.6) is 23.0 Å². The smallest absolute Gasteiger partial charge is 0.255 e. The Morgan fingerprint density at radius 3 is 2.31 bits per heavy atom. The van der Waals surface area contributed by atoms with E-state index in [0.717, 1.165) is 0 Å². The number of hydrogen-bond donors (Lipinski definition) is 3. The van der Waals surface area contributed by atoms with Gasteiger partial charge in [0.15, 0.2) is 11.5 Å². The first-order valence-corrected chi connectivity index (χ1v) is 17.7. The summed E-state index contributed by atoms with van der Waals surface area (Å²) in [7, 11) is 1.71. The molecule has 12 heteroatoms. The first-order valence-electron chi connectivity index (χ1n) is 17.3. The topological polar surface area (TPSA) is 135 Å². The second-order valence-corrected chi connectivity index (χ2v) is 14.2. The van der Waals surface area contributed by atoms with Crippen LogP contribution in [0, 0.1) is 11.8 Å². The van der Waals surface area contributed by atoms with Gasteiger partial charge in [-0.3, -0.25) is 19.2 Å². The lowest BCUT2D eigenvalue weighted by Gasteiger charge is -2.33. The summed E-state index contributed by atoms with van der Waals surface area (Å²) >= 11 is 6.11. The first-order chi connectivity index (χ1) is 24.3. The molecular formula is C39H49ClN4O7. The number of rotatable bonds is 11. The Morgan fingerprint density at radius 1 is 0.922 bits per heavy atom. The maximum atomic E-state index is 13.9. The van der Waals surface area contributed by atoms with E-state index < -0.39 is 42.3 Å². The predicted octanol–water partition coefficient (Wildman–Crippen LogP) is 6.00. The van der Waals surface area contributed by atoms with Crippen LogP contribution in [0.3, 0.4) is 0 Å². The van der Waals surface area contributed by atoms with Crippen LogP contribution < -0.4 is 30.2 Å². The Balaban J connectivity index is 1.53. The highest BCUT2D eigenvalue weighted by Gasteiger charge is 2.33. The Hall–Kier alpha value is -4.77. The largest absolute Gasteiger partial charge is 0.491 e. The van der Waals surface area contributed by atoms with Gasteiger partial charge in [-0.05, 0) is 74.1 Å². The Morgan fingerprint density at radius 2 is 1.61 bits per heavy atom. The van der Waals surface area contributed by atoms with Crippen LogP contribution in [0.25, 0.3) is 0 Å². The van der Waals surface area contributed by atoms with Crippen molar-refractivity contribution in [2.45, 2.75) is 78.0 Å². The maximum absolute atomic E-state index is 13.9. The van der Waals surface area contributed by atoms with Crippen LogP contribution >= 0.6 is 11.6 Å². The van der Waals surface area contributed by atoms with E-state index in [2.05, 4.69) is 29.8 Å². The Bertz CT molecular complexity index is 1670. The molecule has 0 aromatic heterocycles. The third-order valence-electron chi connectivity index (χ3n) is 8.30. The van der Waals surface area contributed by atoms with Gasteiger partial charge in [0.2, 0.25) is 17.7 Å². The van der Waals surface area contributed by atoms with Gasteiger partial charge in [0.05, 0.1) is 24.1 Å². The van der Waals surface area contributed by atoms with Crippen LogP contribution in [0.4, 0.5) is 0 Å². The molecule has 4 atom stereocenters. The number of carbonyl (C=O) groups excluding carboxylic acids is 4. The number of hydrogen-bond acceptors (Lipinski definition) is 7. The number of halogens is 1. The molecule has 1 aliphatic heterocycles. The number of carbonyl (C=O) groups is 4. The van der Waals surface area contributed by atoms with Crippen LogP contribution in [0.2, 0.25) is 5.02 Å². The fraction of sp³-hybridized carbons (Fsp3) is 0.436. The molecule has 0 fully saturated rings. The van der Waals surface area contributed by atoms with Crippen molar-refractivity contribution in [3.05, 3.63) is 83.4 Å². The number of fused-ring (bicyclic) bond motifs is 1. The number of benzene rings is 3. The molecule has 51 heavy (non-hydrogen) atoms. The molecule has 3 N–H and O–H groups in total. The summed E-state index contributed by atoms with van der Waals surface area (Å²) < 4.78 is 18.2. The molecule has 0 unspecified atom stereocenters. The van der Waals surface area contributed by atoms with Crippen molar-refractivity contribution in [2.75, 3.05) is 20.3 Å². The fourth-order valence-electron chi connectivity index (χ4n) is 5.76. The zero-order valence-electron chi connectivity index (χ0n) is 30.1. The van der Waals surface area contributed by atoms with Crippen molar-refractivity contribution >= 4 is 35.2 Å². The summed E-state index contributed by atoms with van der Waals surface area (Å²) in [6, 6.07) is 17.9. The minimum atomic E-state index is -1.27. The van der Waals surface area contributed by atoms with E-state index in [9.17, 15) is 19.2 Å². The van der Waals surface area contributed by atoms with Crippen molar-refractivity contribution in [3.8, 4) is 23.0 Å². The van der Waals surface area contributed by atoms with E-state index in [0.29, 0.717) is 40.9 Å². The van der Waals surface area contributed by atoms with Gasteiger partial charge in [0.1, 0.15) is 36.8 Å². The zero-order chi connectivity index (χ0) is 37.1.